The largest absolute Gasteiger partial charge is 0.383 e. The second kappa shape index (κ2) is 9.49. The van der Waals surface area contributed by atoms with Gasteiger partial charge in [0.25, 0.3) is 5.91 Å². The number of hydrogen-bond acceptors (Lipinski definition) is 5. The molecule has 0 unspecified atom stereocenters. The number of nitrogen functional groups attached to an aromatic ring is 1. The Bertz CT molecular complexity index is 1380. The van der Waals surface area contributed by atoms with Gasteiger partial charge in [-0.2, -0.15) is 0 Å². The van der Waals surface area contributed by atoms with Crippen molar-refractivity contribution in [2.45, 2.75) is 26.2 Å². The maximum atomic E-state index is 12.9. The zero-order valence-electron chi connectivity index (χ0n) is 20.8. The van der Waals surface area contributed by atoms with Gasteiger partial charge in [0.1, 0.15) is 17.8 Å². The average molecular weight is 486 g/mol. The topological polar surface area (TPSA) is 109 Å². The van der Waals surface area contributed by atoms with Crippen molar-refractivity contribution in [3.8, 4) is 11.3 Å². The number of aryl methyl sites for hydroxylation is 1. The molecule has 2 aliphatic heterocycles. The van der Waals surface area contributed by atoms with Crippen molar-refractivity contribution in [1.82, 2.24) is 24.3 Å². The molecule has 0 spiro atoms. The van der Waals surface area contributed by atoms with Crippen molar-refractivity contribution in [1.29, 1.82) is 0 Å². The van der Waals surface area contributed by atoms with Crippen LogP contribution in [0.4, 0.5) is 16.3 Å². The number of hydrogen-bond donors (Lipinski definition) is 2. The molecule has 2 aliphatic rings. The summed E-state index contributed by atoms with van der Waals surface area (Å²) in [5, 5.41) is 3.67. The lowest BCUT2D eigenvalue weighted by Crippen LogP contribution is -2.43. The summed E-state index contributed by atoms with van der Waals surface area (Å²) in [4.78, 5) is 37.6. The van der Waals surface area contributed by atoms with E-state index >= 15 is 0 Å². The van der Waals surface area contributed by atoms with Crippen LogP contribution in [0.1, 0.15) is 31.7 Å². The summed E-state index contributed by atoms with van der Waals surface area (Å²) in [5.74, 6) is 0.218. The van der Waals surface area contributed by atoms with Crippen LogP contribution in [0.5, 0.6) is 0 Å². The van der Waals surface area contributed by atoms with Crippen molar-refractivity contribution < 1.29 is 9.59 Å². The van der Waals surface area contributed by atoms with Crippen molar-refractivity contribution >= 4 is 40.1 Å². The molecular weight excluding hydrogens is 454 g/mol. The van der Waals surface area contributed by atoms with E-state index in [9.17, 15) is 9.59 Å². The number of nitrogens with one attached hydrogen (secondary N) is 1. The number of carbonyl (C=O) groups is 2. The molecule has 9 heteroatoms. The Morgan fingerprint density at radius 1 is 1.06 bits per heavy atom. The second-order valence-electron chi connectivity index (χ2n) is 9.45. The van der Waals surface area contributed by atoms with Gasteiger partial charge >= 0.3 is 6.03 Å². The maximum absolute atomic E-state index is 12.9. The van der Waals surface area contributed by atoms with Crippen LogP contribution >= 0.6 is 0 Å². The Kier molecular flexibility index (Phi) is 6.22. The molecule has 186 valence electrons. The summed E-state index contributed by atoms with van der Waals surface area (Å²) in [7, 11) is 1.97. The Morgan fingerprint density at radius 3 is 2.42 bits per heavy atom. The van der Waals surface area contributed by atoms with Gasteiger partial charge < -0.3 is 25.4 Å². The molecule has 9 nitrogen and oxygen atoms in total. The van der Waals surface area contributed by atoms with E-state index in [0.717, 1.165) is 59.4 Å². The molecular formula is C27H31N7O2. The normalized spacial score (nSPS) is 15.8. The summed E-state index contributed by atoms with van der Waals surface area (Å²) in [6.45, 7) is 8.26. The van der Waals surface area contributed by atoms with Crippen LogP contribution in [-0.2, 0) is 11.8 Å². The fourth-order valence-corrected chi connectivity index (χ4v) is 5.05. The maximum Gasteiger partial charge on any atom is 0.320 e. The van der Waals surface area contributed by atoms with Crippen LogP contribution < -0.4 is 11.1 Å². The highest BCUT2D eigenvalue weighted by atomic mass is 16.2. The molecule has 0 aliphatic carbocycles. The molecule has 1 aromatic carbocycles. The number of nitrogens with two attached hydrogens (primary N) is 1. The molecule has 0 saturated carbocycles. The Morgan fingerprint density at radius 2 is 1.78 bits per heavy atom. The number of rotatable bonds is 4. The van der Waals surface area contributed by atoms with Crippen LogP contribution in [-0.4, -0.2) is 62.5 Å². The fraction of sp³-hybridized carbons (Fsp3) is 0.333. The third-order valence-corrected chi connectivity index (χ3v) is 6.98. The predicted molar refractivity (Wildman–Crippen MR) is 142 cm³/mol. The number of carbonyl (C=O) groups excluding carboxylic acids is 2. The molecule has 36 heavy (non-hydrogen) atoms. The van der Waals surface area contributed by atoms with E-state index in [-0.39, 0.29) is 11.9 Å². The highest BCUT2D eigenvalue weighted by Crippen LogP contribution is 2.41. The zero-order valence-corrected chi connectivity index (χ0v) is 20.8. The molecule has 0 atom stereocenters. The second-order valence-corrected chi connectivity index (χ2v) is 9.45. The van der Waals surface area contributed by atoms with Gasteiger partial charge in [0.05, 0.1) is 11.1 Å². The number of amides is 3. The SMILES string of the molecule is C=C(C)C(=O)Nc1ccc(-c2c(C3=CCN(C(=O)N4CCCC4)CC3)c3c(N)ncnc3n2C)cc1. The first kappa shape index (κ1) is 23.6. The van der Waals surface area contributed by atoms with Crippen LogP contribution in [0, 0.1) is 0 Å². The van der Waals surface area contributed by atoms with E-state index in [0.29, 0.717) is 36.6 Å². The van der Waals surface area contributed by atoms with Crippen molar-refractivity contribution in [3.63, 3.8) is 0 Å². The molecule has 2 aromatic heterocycles. The molecule has 1 saturated heterocycles. The summed E-state index contributed by atoms with van der Waals surface area (Å²) < 4.78 is 2.03. The predicted octanol–water partition coefficient (Wildman–Crippen LogP) is 4.04. The number of nitrogens with zero attached hydrogens (tertiary/aromatic N) is 5. The van der Waals surface area contributed by atoms with Crippen LogP contribution in [0.3, 0.4) is 0 Å². The quantitative estimate of drug-likeness (QED) is 0.542. The highest BCUT2D eigenvalue weighted by molar-refractivity contribution is 6.05. The van der Waals surface area contributed by atoms with Gasteiger partial charge in [0.2, 0.25) is 0 Å². The van der Waals surface area contributed by atoms with E-state index in [1.165, 1.54) is 6.33 Å². The third kappa shape index (κ3) is 4.21. The summed E-state index contributed by atoms with van der Waals surface area (Å²) >= 11 is 0. The van der Waals surface area contributed by atoms with E-state index in [1.54, 1.807) is 6.92 Å². The summed E-state index contributed by atoms with van der Waals surface area (Å²) in [6.07, 6.45) is 6.48. The van der Waals surface area contributed by atoms with E-state index in [2.05, 4.69) is 27.9 Å². The van der Waals surface area contributed by atoms with E-state index in [1.807, 2.05) is 45.7 Å². The van der Waals surface area contributed by atoms with Gasteiger partial charge in [0.15, 0.2) is 0 Å². The van der Waals surface area contributed by atoms with E-state index < -0.39 is 0 Å². The van der Waals surface area contributed by atoms with Gasteiger partial charge in [-0.25, -0.2) is 14.8 Å². The Labute approximate surface area is 210 Å². The van der Waals surface area contributed by atoms with Gasteiger partial charge in [-0.1, -0.05) is 24.8 Å². The minimum Gasteiger partial charge on any atom is -0.383 e. The first-order valence-electron chi connectivity index (χ1n) is 12.2. The number of urea groups is 1. The first-order chi connectivity index (χ1) is 17.3. The summed E-state index contributed by atoms with van der Waals surface area (Å²) in [6, 6.07) is 7.82. The minimum atomic E-state index is -0.212. The van der Waals surface area contributed by atoms with Gasteiger partial charge in [0, 0.05) is 50.1 Å². The van der Waals surface area contributed by atoms with Crippen LogP contribution in [0.25, 0.3) is 27.9 Å². The van der Waals surface area contributed by atoms with Crippen LogP contribution in [0.2, 0.25) is 0 Å². The Hall–Kier alpha value is -4.14. The highest BCUT2D eigenvalue weighted by Gasteiger charge is 2.28. The zero-order chi connectivity index (χ0) is 25.4. The minimum absolute atomic E-state index is 0.121. The molecule has 3 N–H and O–H groups in total. The molecule has 1 fully saturated rings. The molecule has 3 aromatic rings. The first-order valence-corrected chi connectivity index (χ1v) is 12.2. The number of aromatic nitrogens is 3. The van der Waals surface area contributed by atoms with Gasteiger partial charge in [-0.3, -0.25) is 4.79 Å². The molecule has 3 amide bonds. The van der Waals surface area contributed by atoms with Gasteiger partial charge in [-0.15, -0.1) is 0 Å². The molecule has 0 radical (unpaired) electrons. The lowest BCUT2D eigenvalue weighted by molar-refractivity contribution is -0.112. The van der Waals surface area contributed by atoms with Crippen molar-refractivity contribution in [2.75, 3.05) is 37.2 Å². The number of fused-ring (bicyclic) bond motifs is 1. The average Bonchev–Trinajstić information content (AvgIpc) is 3.52. The number of anilines is 2. The van der Waals surface area contributed by atoms with Crippen molar-refractivity contribution in [2.24, 2.45) is 7.05 Å². The third-order valence-electron chi connectivity index (χ3n) is 6.98. The smallest absolute Gasteiger partial charge is 0.320 e. The monoisotopic (exact) mass is 485 g/mol. The lowest BCUT2D eigenvalue weighted by atomic mass is 9.94. The molecule has 4 heterocycles. The van der Waals surface area contributed by atoms with Crippen LogP contribution in [0.15, 0.2) is 48.8 Å². The summed E-state index contributed by atoms with van der Waals surface area (Å²) in [5.41, 5.74) is 12.3. The molecule has 0 bridgehead atoms. The van der Waals surface area contributed by atoms with E-state index in [4.69, 9.17) is 5.73 Å². The standard InChI is InChI=1S/C27H31N7O2/c1-17(2)26(35)31-20-8-6-19(7-9-20)23-21(22-24(28)29-16-30-25(22)32(23)3)18-10-14-34(15-11-18)27(36)33-12-4-5-13-33/h6-10,16H,1,4-5,11-15H2,2-3H3,(H,31,35)(H2,28,29,30). The number of likely N-dealkylation sites (tertiary alicyclic amines) is 1. The molecule has 5 rings (SSSR count). The van der Waals surface area contributed by atoms with Gasteiger partial charge in [-0.05, 0) is 49.5 Å². The van der Waals surface area contributed by atoms with Crippen molar-refractivity contribution in [3.05, 3.63) is 54.4 Å². The fourth-order valence-electron chi connectivity index (χ4n) is 5.05. The Balaban J connectivity index is 1.53. The lowest BCUT2D eigenvalue weighted by Gasteiger charge is -2.30. The number of benzene rings is 1.